The predicted octanol–water partition coefficient (Wildman–Crippen LogP) is 1.99. The number of fused-ring (bicyclic) bond motifs is 2. The molecule has 0 aromatic rings. The van der Waals surface area contributed by atoms with E-state index < -0.39 is 0 Å². The van der Waals surface area contributed by atoms with Gasteiger partial charge in [-0.15, -0.1) is 0 Å². The van der Waals surface area contributed by atoms with Crippen LogP contribution in [0.4, 0.5) is 0 Å². The molecular weight excluding hydrogens is 176 g/mol. The van der Waals surface area contributed by atoms with E-state index in [2.05, 4.69) is 24.3 Å². The summed E-state index contributed by atoms with van der Waals surface area (Å²) < 4.78 is 11.5. The molecule has 0 saturated carbocycles. The highest BCUT2D eigenvalue weighted by molar-refractivity contribution is 5.38. The third kappa shape index (κ3) is 1.35. The summed E-state index contributed by atoms with van der Waals surface area (Å²) in [7, 11) is 0. The van der Waals surface area contributed by atoms with Crippen molar-refractivity contribution in [2.75, 3.05) is 13.2 Å². The van der Waals surface area contributed by atoms with Crippen molar-refractivity contribution in [3.05, 3.63) is 35.5 Å². The Balaban J connectivity index is 1.92. The molecular formula is C12H14O2. The smallest absolute Gasteiger partial charge is 0.0867 e. The van der Waals surface area contributed by atoms with Gasteiger partial charge in [-0.3, -0.25) is 0 Å². The molecule has 3 rings (SSSR count). The fraction of sp³-hybridized carbons (Fsp3) is 0.500. The lowest BCUT2D eigenvalue weighted by Crippen LogP contribution is -2.35. The molecule has 2 unspecified atom stereocenters. The van der Waals surface area contributed by atoms with Crippen LogP contribution >= 0.6 is 0 Å². The predicted molar refractivity (Wildman–Crippen MR) is 54.0 cm³/mol. The van der Waals surface area contributed by atoms with Gasteiger partial charge in [-0.05, 0) is 17.6 Å². The quantitative estimate of drug-likeness (QED) is 0.581. The Bertz CT molecular complexity index is 325. The zero-order valence-corrected chi connectivity index (χ0v) is 8.11. The standard InChI is InChI=1S/C12H14O2/c1-2-4-11-9(3-1)7-10-8-13-6-5-12(10)14-11/h1-3,7,11-12H,4-6,8H2. The molecule has 1 saturated heterocycles. The first-order valence-corrected chi connectivity index (χ1v) is 5.24. The van der Waals surface area contributed by atoms with Crippen molar-refractivity contribution >= 4 is 0 Å². The Labute approximate surface area is 83.9 Å². The summed E-state index contributed by atoms with van der Waals surface area (Å²) in [6.07, 6.45) is 11.3. The van der Waals surface area contributed by atoms with E-state index in [1.807, 2.05) is 0 Å². The lowest BCUT2D eigenvalue weighted by atomic mass is 9.92. The first kappa shape index (κ1) is 8.45. The first-order chi connectivity index (χ1) is 6.93. The molecule has 0 amide bonds. The van der Waals surface area contributed by atoms with Gasteiger partial charge in [0.1, 0.15) is 0 Å². The lowest BCUT2D eigenvalue weighted by Gasteiger charge is -2.35. The highest BCUT2D eigenvalue weighted by atomic mass is 16.5. The molecule has 0 bridgehead atoms. The van der Waals surface area contributed by atoms with Gasteiger partial charge in [-0.2, -0.15) is 0 Å². The van der Waals surface area contributed by atoms with Gasteiger partial charge in [0.25, 0.3) is 0 Å². The Kier molecular flexibility index (Phi) is 2.03. The minimum Gasteiger partial charge on any atom is -0.377 e. The van der Waals surface area contributed by atoms with E-state index in [9.17, 15) is 0 Å². The summed E-state index contributed by atoms with van der Waals surface area (Å²) in [4.78, 5) is 0. The minimum absolute atomic E-state index is 0.298. The number of hydrogen-bond acceptors (Lipinski definition) is 2. The SMILES string of the molecule is C1=CCC2OC3CCOCC3=CC2=C1. The van der Waals surface area contributed by atoms with Gasteiger partial charge in [0.05, 0.1) is 18.8 Å². The van der Waals surface area contributed by atoms with Crippen LogP contribution in [-0.2, 0) is 9.47 Å². The number of hydrogen-bond donors (Lipinski definition) is 0. The van der Waals surface area contributed by atoms with Crippen LogP contribution in [0, 0.1) is 0 Å². The fourth-order valence-corrected chi connectivity index (χ4v) is 2.26. The highest BCUT2D eigenvalue weighted by Crippen LogP contribution is 2.31. The van der Waals surface area contributed by atoms with Gasteiger partial charge in [0.15, 0.2) is 0 Å². The van der Waals surface area contributed by atoms with Crippen molar-refractivity contribution in [2.24, 2.45) is 0 Å². The van der Waals surface area contributed by atoms with Crippen molar-refractivity contribution in [1.82, 2.24) is 0 Å². The van der Waals surface area contributed by atoms with Gasteiger partial charge in [-0.25, -0.2) is 0 Å². The molecule has 2 heteroatoms. The van der Waals surface area contributed by atoms with E-state index in [1.165, 1.54) is 11.1 Å². The summed E-state index contributed by atoms with van der Waals surface area (Å²) in [6, 6.07) is 0. The summed E-state index contributed by atoms with van der Waals surface area (Å²) in [6.45, 7) is 1.59. The molecule has 0 radical (unpaired) electrons. The van der Waals surface area contributed by atoms with Crippen LogP contribution in [0.3, 0.4) is 0 Å². The average molecular weight is 190 g/mol. The van der Waals surface area contributed by atoms with Gasteiger partial charge >= 0.3 is 0 Å². The molecule has 74 valence electrons. The summed E-state index contributed by atoms with van der Waals surface area (Å²) in [5.41, 5.74) is 2.62. The van der Waals surface area contributed by atoms with Crippen LogP contribution in [0.1, 0.15) is 12.8 Å². The van der Waals surface area contributed by atoms with Gasteiger partial charge in [-0.1, -0.05) is 24.3 Å². The molecule has 0 aromatic carbocycles. The van der Waals surface area contributed by atoms with Crippen molar-refractivity contribution in [1.29, 1.82) is 0 Å². The summed E-state index contributed by atoms with van der Waals surface area (Å²) in [5.74, 6) is 0. The number of ether oxygens (including phenoxy) is 2. The molecule has 3 aliphatic rings. The molecule has 2 nitrogen and oxygen atoms in total. The van der Waals surface area contributed by atoms with Crippen LogP contribution in [0.15, 0.2) is 35.5 Å². The second kappa shape index (κ2) is 3.37. The van der Waals surface area contributed by atoms with Crippen molar-refractivity contribution in [2.45, 2.75) is 25.0 Å². The van der Waals surface area contributed by atoms with E-state index in [-0.39, 0.29) is 0 Å². The zero-order chi connectivity index (χ0) is 9.38. The second-order valence-corrected chi connectivity index (χ2v) is 4.00. The van der Waals surface area contributed by atoms with Crippen molar-refractivity contribution < 1.29 is 9.47 Å². The molecule has 0 aromatic heterocycles. The Morgan fingerprint density at radius 2 is 2.29 bits per heavy atom. The average Bonchev–Trinajstić information content (AvgIpc) is 2.26. The highest BCUT2D eigenvalue weighted by Gasteiger charge is 2.29. The zero-order valence-electron chi connectivity index (χ0n) is 8.11. The van der Waals surface area contributed by atoms with Crippen LogP contribution in [0.2, 0.25) is 0 Å². The van der Waals surface area contributed by atoms with Crippen LogP contribution in [0.5, 0.6) is 0 Å². The Morgan fingerprint density at radius 1 is 1.29 bits per heavy atom. The van der Waals surface area contributed by atoms with E-state index >= 15 is 0 Å². The molecule has 14 heavy (non-hydrogen) atoms. The first-order valence-electron chi connectivity index (χ1n) is 5.24. The fourth-order valence-electron chi connectivity index (χ4n) is 2.26. The van der Waals surface area contributed by atoms with Crippen molar-refractivity contribution in [3.63, 3.8) is 0 Å². The molecule has 0 N–H and O–H groups in total. The maximum atomic E-state index is 6.03. The molecule has 0 spiro atoms. The van der Waals surface area contributed by atoms with Crippen molar-refractivity contribution in [3.8, 4) is 0 Å². The van der Waals surface area contributed by atoms with Gasteiger partial charge in [0, 0.05) is 13.0 Å². The van der Waals surface area contributed by atoms with E-state index in [0.29, 0.717) is 12.2 Å². The lowest BCUT2D eigenvalue weighted by molar-refractivity contribution is -0.0268. The summed E-state index contributed by atoms with van der Waals surface area (Å²) >= 11 is 0. The third-order valence-electron chi connectivity index (χ3n) is 3.03. The largest absolute Gasteiger partial charge is 0.377 e. The van der Waals surface area contributed by atoms with E-state index in [0.717, 1.165) is 26.1 Å². The Morgan fingerprint density at radius 3 is 3.29 bits per heavy atom. The number of rotatable bonds is 0. The third-order valence-corrected chi connectivity index (χ3v) is 3.03. The van der Waals surface area contributed by atoms with E-state index in [4.69, 9.17) is 9.47 Å². The Hall–Kier alpha value is -0.860. The monoisotopic (exact) mass is 190 g/mol. The topological polar surface area (TPSA) is 18.5 Å². The molecule has 2 heterocycles. The second-order valence-electron chi connectivity index (χ2n) is 4.00. The maximum Gasteiger partial charge on any atom is 0.0867 e. The maximum absolute atomic E-state index is 6.03. The molecule has 1 fully saturated rings. The number of allylic oxidation sites excluding steroid dienone is 2. The van der Waals surface area contributed by atoms with Crippen LogP contribution in [0.25, 0.3) is 0 Å². The summed E-state index contributed by atoms with van der Waals surface area (Å²) in [5, 5.41) is 0. The van der Waals surface area contributed by atoms with Crippen LogP contribution in [-0.4, -0.2) is 25.4 Å². The molecule has 1 aliphatic carbocycles. The van der Waals surface area contributed by atoms with Crippen LogP contribution < -0.4 is 0 Å². The molecule has 2 atom stereocenters. The normalized spacial score (nSPS) is 35.4. The van der Waals surface area contributed by atoms with Gasteiger partial charge < -0.3 is 9.47 Å². The molecule has 2 aliphatic heterocycles. The van der Waals surface area contributed by atoms with Gasteiger partial charge in [0.2, 0.25) is 0 Å². The van der Waals surface area contributed by atoms with E-state index in [1.54, 1.807) is 0 Å². The minimum atomic E-state index is 0.298.